The Labute approximate surface area is 131 Å². The number of nitrogens with one attached hydrogen (secondary N) is 1. The Bertz CT molecular complexity index is 772. The number of rotatable bonds is 5. The van der Waals surface area contributed by atoms with E-state index in [4.69, 9.17) is 0 Å². The molecule has 0 spiro atoms. The molecule has 0 unspecified atom stereocenters. The summed E-state index contributed by atoms with van der Waals surface area (Å²) in [5.41, 5.74) is 3.19. The first kappa shape index (κ1) is 16.6. The van der Waals surface area contributed by atoms with Crippen LogP contribution in [0.3, 0.4) is 0 Å². The minimum absolute atomic E-state index is 0.170. The minimum atomic E-state index is -3.62. The molecule has 0 bridgehead atoms. The van der Waals surface area contributed by atoms with Crippen LogP contribution in [0.2, 0.25) is 0 Å². The summed E-state index contributed by atoms with van der Waals surface area (Å²) in [4.78, 5) is 0. The van der Waals surface area contributed by atoms with Crippen LogP contribution in [0.25, 0.3) is 0 Å². The Morgan fingerprint density at radius 3 is 2.50 bits per heavy atom. The predicted molar refractivity (Wildman–Crippen MR) is 86.5 cm³/mol. The Morgan fingerprint density at radius 1 is 1.14 bits per heavy atom. The maximum atomic E-state index is 13.6. The summed E-state index contributed by atoms with van der Waals surface area (Å²) in [7, 11) is -3.62. The lowest BCUT2D eigenvalue weighted by Gasteiger charge is -2.17. The Hall–Kier alpha value is -1.72. The van der Waals surface area contributed by atoms with Crippen molar-refractivity contribution in [2.45, 2.75) is 32.6 Å². The molecule has 3 nitrogen and oxygen atoms in total. The SMILES string of the molecule is Cc1ccc(C)c([C@H](C)NS(=O)(=O)Cc2ccccc2F)c1. The van der Waals surface area contributed by atoms with Gasteiger partial charge in [-0.15, -0.1) is 0 Å². The number of halogens is 1. The summed E-state index contributed by atoms with van der Waals surface area (Å²) in [6.45, 7) is 5.70. The van der Waals surface area contributed by atoms with E-state index >= 15 is 0 Å². The fraction of sp³-hybridized carbons (Fsp3) is 0.294. The standard InChI is InChI=1S/C17H20FNO2S/c1-12-8-9-13(2)16(10-12)14(3)19-22(20,21)11-15-6-4-5-7-17(15)18/h4-10,14,19H,11H2,1-3H3/t14-/m0/s1. The molecule has 0 radical (unpaired) electrons. The molecular formula is C17H20FNO2S. The number of hydrogen-bond donors (Lipinski definition) is 1. The van der Waals surface area contributed by atoms with Gasteiger partial charge in [-0.1, -0.05) is 42.0 Å². The van der Waals surface area contributed by atoms with Gasteiger partial charge in [0.2, 0.25) is 10.0 Å². The van der Waals surface area contributed by atoms with E-state index in [0.29, 0.717) is 0 Å². The summed E-state index contributed by atoms with van der Waals surface area (Å²) < 4.78 is 40.7. The van der Waals surface area contributed by atoms with Gasteiger partial charge < -0.3 is 0 Å². The topological polar surface area (TPSA) is 46.2 Å². The summed E-state index contributed by atoms with van der Waals surface area (Å²) in [6, 6.07) is 11.5. The van der Waals surface area contributed by atoms with Crippen molar-refractivity contribution in [2.75, 3.05) is 0 Å². The molecule has 1 N–H and O–H groups in total. The van der Waals surface area contributed by atoms with Gasteiger partial charge in [-0.2, -0.15) is 0 Å². The van der Waals surface area contributed by atoms with E-state index < -0.39 is 15.8 Å². The van der Waals surface area contributed by atoms with Crippen LogP contribution in [-0.2, 0) is 15.8 Å². The zero-order chi connectivity index (χ0) is 16.3. The third-order valence-corrected chi connectivity index (χ3v) is 4.96. The van der Waals surface area contributed by atoms with Crippen molar-refractivity contribution in [3.05, 3.63) is 70.5 Å². The molecule has 0 heterocycles. The van der Waals surface area contributed by atoms with Crippen LogP contribution >= 0.6 is 0 Å². The predicted octanol–water partition coefficient (Wildman–Crippen LogP) is 3.62. The lowest BCUT2D eigenvalue weighted by molar-refractivity contribution is 0.561. The smallest absolute Gasteiger partial charge is 0.212 e. The van der Waals surface area contributed by atoms with Gasteiger partial charge in [0.25, 0.3) is 0 Å². The van der Waals surface area contributed by atoms with Crippen molar-refractivity contribution >= 4 is 10.0 Å². The molecule has 118 valence electrons. The van der Waals surface area contributed by atoms with Gasteiger partial charge >= 0.3 is 0 Å². The monoisotopic (exact) mass is 321 g/mol. The van der Waals surface area contributed by atoms with Gasteiger partial charge in [0, 0.05) is 11.6 Å². The summed E-state index contributed by atoms with van der Waals surface area (Å²) in [5.74, 6) is -0.873. The van der Waals surface area contributed by atoms with Crippen LogP contribution in [0.4, 0.5) is 4.39 Å². The van der Waals surface area contributed by atoms with Crippen molar-refractivity contribution in [1.29, 1.82) is 0 Å². The fourth-order valence-electron chi connectivity index (χ4n) is 2.42. The van der Waals surface area contributed by atoms with Crippen LogP contribution in [0.5, 0.6) is 0 Å². The highest BCUT2D eigenvalue weighted by Gasteiger charge is 2.19. The van der Waals surface area contributed by atoms with E-state index in [-0.39, 0.29) is 17.4 Å². The maximum Gasteiger partial charge on any atom is 0.216 e. The maximum absolute atomic E-state index is 13.6. The molecule has 1 atom stereocenters. The first-order valence-corrected chi connectivity index (χ1v) is 8.74. The second kappa shape index (κ2) is 6.58. The van der Waals surface area contributed by atoms with Gasteiger partial charge in [-0.25, -0.2) is 17.5 Å². The van der Waals surface area contributed by atoms with Crippen molar-refractivity contribution in [1.82, 2.24) is 4.72 Å². The summed E-state index contributed by atoms with van der Waals surface area (Å²) in [6.07, 6.45) is 0. The van der Waals surface area contributed by atoms with E-state index in [0.717, 1.165) is 16.7 Å². The van der Waals surface area contributed by atoms with Gasteiger partial charge in [-0.3, -0.25) is 0 Å². The number of sulfonamides is 1. The lowest BCUT2D eigenvalue weighted by atomic mass is 10.0. The first-order chi connectivity index (χ1) is 10.3. The van der Waals surface area contributed by atoms with Crippen LogP contribution in [0.1, 0.15) is 35.2 Å². The zero-order valence-electron chi connectivity index (χ0n) is 12.9. The van der Waals surface area contributed by atoms with E-state index in [1.54, 1.807) is 13.0 Å². The van der Waals surface area contributed by atoms with Crippen molar-refractivity contribution < 1.29 is 12.8 Å². The largest absolute Gasteiger partial charge is 0.216 e. The molecule has 0 fully saturated rings. The average molecular weight is 321 g/mol. The second-order valence-corrected chi connectivity index (χ2v) is 7.30. The molecule has 0 aliphatic rings. The van der Waals surface area contributed by atoms with E-state index in [1.807, 2.05) is 32.0 Å². The molecule has 0 aliphatic heterocycles. The summed E-state index contributed by atoms with van der Waals surface area (Å²) in [5, 5.41) is 0. The van der Waals surface area contributed by atoms with Crippen LogP contribution in [0.15, 0.2) is 42.5 Å². The zero-order valence-corrected chi connectivity index (χ0v) is 13.7. The molecule has 0 amide bonds. The number of aryl methyl sites for hydroxylation is 2. The third kappa shape index (κ3) is 4.15. The number of benzene rings is 2. The second-order valence-electron chi connectivity index (χ2n) is 5.55. The Balaban J connectivity index is 2.18. The minimum Gasteiger partial charge on any atom is -0.212 e. The molecule has 0 saturated carbocycles. The van der Waals surface area contributed by atoms with Crippen LogP contribution in [0, 0.1) is 19.7 Å². The van der Waals surface area contributed by atoms with Crippen molar-refractivity contribution in [2.24, 2.45) is 0 Å². The van der Waals surface area contributed by atoms with E-state index in [2.05, 4.69) is 4.72 Å². The quantitative estimate of drug-likeness (QED) is 0.914. The van der Waals surface area contributed by atoms with Gasteiger partial charge in [-0.05, 0) is 38.0 Å². The molecular weight excluding hydrogens is 301 g/mol. The van der Waals surface area contributed by atoms with Gasteiger partial charge in [0.1, 0.15) is 5.82 Å². The molecule has 5 heteroatoms. The van der Waals surface area contributed by atoms with Gasteiger partial charge in [0.15, 0.2) is 0 Å². The highest BCUT2D eigenvalue weighted by Crippen LogP contribution is 2.20. The van der Waals surface area contributed by atoms with Crippen LogP contribution < -0.4 is 4.72 Å². The molecule has 2 aromatic rings. The normalized spacial score (nSPS) is 13.1. The molecule has 22 heavy (non-hydrogen) atoms. The lowest BCUT2D eigenvalue weighted by Crippen LogP contribution is -2.28. The average Bonchev–Trinajstić information content (AvgIpc) is 2.43. The van der Waals surface area contributed by atoms with E-state index in [9.17, 15) is 12.8 Å². The van der Waals surface area contributed by atoms with E-state index in [1.165, 1.54) is 18.2 Å². The van der Waals surface area contributed by atoms with Crippen LogP contribution in [-0.4, -0.2) is 8.42 Å². The molecule has 0 aliphatic carbocycles. The van der Waals surface area contributed by atoms with Crippen molar-refractivity contribution in [3.63, 3.8) is 0 Å². The first-order valence-electron chi connectivity index (χ1n) is 7.09. The van der Waals surface area contributed by atoms with Gasteiger partial charge in [0.05, 0.1) is 5.75 Å². The molecule has 2 rings (SSSR count). The highest BCUT2D eigenvalue weighted by molar-refractivity contribution is 7.88. The summed E-state index contributed by atoms with van der Waals surface area (Å²) >= 11 is 0. The highest BCUT2D eigenvalue weighted by atomic mass is 32.2. The van der Waals surface area contributed by atoms with Crippen molar-refractivity contribution in [3.8, 4) is 0 Å². The molecule has 2 aromatic carbocycles. The molecule has 0 saturated heterocycles. The Kier molecular flexibility index (Phi) is 4.98. The Morgan fingerprint density at radius 2 is 1.82 bits per heavy atom. The molecule has 0 aromatic heterocycles. The fourth-order valence-corrected chi connectivity index (χ4v) is 3.81. The third-order valence-electron chi connectivity index (χ3n) is 3.56. The number of hydrogen-bond acceptors (Lipinski definition) is 2.